The van der Waals surface area contributed by atoms with E-state index in [0.717, 1.165) is 17.9 Å². The molecule has 30 heavy (non-hydrogen) atoms. The number of carbonyl (C=O) groups excluding carboxylic acids is 3. The fourth-order valence-electron chi connectivity index (χ4n) is 3.56. The lowest BCUT2D eigenvalue weighted by Gasteiger charge is -2.20. The second-order valence-corrected chi connectivity index (χ2v) is 8.23. The molecule has 3 aromatic carbocycles. The monoisotopic (exact) mass is 415 g/mol. The smallest absolute Gasteiger partial charge is 0.224 e. The summed E-state index contributed by atoms with van der Waals surface area (Å²) in [6, 6.07) is 22.0. The predicted molar refractivity (Wildman–Crippen MR) is 120 cm³/mol. The van der Waals surface area contributed by atoms with E-state index in [9.17, 15) is 14.4 Å². The zero-order valence-corrected chi connectivity index (χ0v) is 17.2. The van der Waals surface area contributed by atoms with Gasteiger partial charge < -0.3 is 5.32 Å². The number of nitrogens with one attached hydrogen (secondary N) is 1. The Morgan fingerprint density at radius 3 is 2.20 bits per heavy atom. The van der Waals surface area contributed by atoms with Crippen molar-refractivity contribution in [3.05, 3.63) is 101 Å². The molecule has 0 aromatic heterocycles. The van der Waals surface area contributed by atoms with E-state index in [1.807, 2.05) is 18.2 Å². The summed E-state index contributed by atoms with van der Waals surface area (Å²) < 4.78 is 0. The van der Waals surface area contributed by atoms with Crippen LogP contribution in [0.15, 0.2) is 72.8 Å². The first-order chi connectivity index (χ1) is 14.6. The van der Waals surface area contributed by atoms with Crippen molar-refractivity contribution in [3.8, 4) is 0 Å². The maximum absolute atomic E-state index is 13.0. The summed E-state index contributed by atoms with van der Waals surface area (Å²) in [5, 5.41) is 2.84. The normalized spacial score (nSPS) is 12.3. The molecule has 0 aliphatic heterocycles. The molecule has 0 bridgehead atoms. The summed E-state index contributed by atoms with van der Waals surface area (Å²) in [6.45, 7) is 0. The number of carbonyl (C=O) groups is 3. The van der Waals surface area contributed by atoms with Crippen LogP contribution in [-0.2, 0) is 10.5 Å². The van der Waals surface area contributed by atoms with Gasteiger partial charge in [-0.3, -0.25) is 14.4 Å². The number of benzene rings is 3. The molecule has 0 radical (unpaired) electrons. The van der Waals surface area contributed by atoms with E-state index in [4.69, 9.17) is 0 Å². The molecule has 0 spiro atoms. The number of rotatable bonds is 7. The largest absolute Gasteiger partial charge is 0.325 e. The Balaban J connectivity index is 1.38. The number of ketones is 2. The molecule has 0 atom stereocenters. The third-order valence-corrected chi connectivity index (χ3v) is 6.15. The van der Waals surface area contributed by atoms with Crippen molar-refractivity contribution in [1.82, 2.24) is 0 Å². The van der Waals surface area contributed by atoms with Crippen LogP contribution in [0.2, 0.25) is 0 Å². The minimum atomic E-state index is -0.227. The fraction of sp³-hybridized carbons (Fsp3) is 0.160. The highest BCUT2D eigenvalue weighted by Crippen LogP contribution is 2.32. The zero-order valence-electron chi connectivity index (χ0n) is 16.4. The SMILES string of the molecule is O=C(CCCSCc1ccccc1)Nc1cccc2c1C(=O)c1ccccc1C2=O. The summed E-state index contributed by atoms with van der Waals surface area (Å²) in [4.78, 5) is 38.2. The van der Waals surface area contributed by atoms with Crippen molar-refractivity contribution in [2.24, 2.45) is 0 Å². The summed E-state index contributed by atoms with van der Waals surface area (Å²) in [6.07, 6.45) is 1.11. The minimum absolute atomic E-state index is 0.150. The average Bonchev–Trinajstić information content (AvgIpc) is 2.78. The first kappa shape index (κ1) is 20.1. The van der Waals surface area contributed by atoms with Gasteiger partial charge in [-0.25, -0.2) is 0 Å². The lowest BCUT2D eigenvalue weighted by molar-refractivity contribution is -0.116. The van der Waals surface area contributed by atoms with Crippen LogP contribution in [0, 0.1) is 0 Å². The molecule has 5 heteroatoms. The molecular formula is C25H21NO3S. The molecule has 0 saturated carbocycles. The lowest BCUT2D eigenvalue weighted by Crippen LogP contribution is -2.23. The standard InChI is InChI=1S/C25H21NO3S/c27-22(14-7-15-30-16-17-8-2-1-3-9-17)26-21-13-6-12-20-23(21)25(29)19-11-5-4-10-18(19)24(20)28/h1-6,8-13H,7,14-16H2,(H,26,27). The van der Waals surface area contributed by atoms with E-state index in [0.29, 0.717) is 28.8 Å². The Kier molecular flexibility index (Phi) is 6.10. The molecule has 0 unspecified atom stereocenters. The molecule has 3 aromatic rings. The predicted octanol–water partition coefficient (Wildman–Crippen LogP) is 5.11. The van der Waals surface area contributed by atoms with Crippen LogP contribution >= 0.6 is 11.8 Å². The number of hydrogen-bond donors (Lipinski definition) is 1. The topological polar surface area (TPSA) is 63.2 Å². The molecule has 4 nitrogen and oxygen atoms in total. The van der Waals surface area contributed by atoms with Crippen LogP contribution in [0.3, 0.4) is 0 Å². The third-order valence-electron chi connectivity index (χ3n) is 5.03. The molecule has 1 amide bonds. The van der Waals surface area contributed by atoms with Crippen LogP contribution in [-0.4, -0.2) is 23.2 Å². The zero-order chi connectivity index (χ0) is 20.9. The Morgan fingerprint density at radius 2 is 1.43 bits per heavy atom. The Bertz CT molecular complexity index is 1110. The van der Waals surface area contributed by atoms with Gasteiger partial charge in [0.2, 0.25) is 5.91 Å². The third kappa shape index (κ3) is 4.21. The maximum Gasteiger partial charge on any atom is 0.224 e. The molecule has 150 valence electrons. The summed E-state index contributed by atoms with van der Waals surface area (Å²) >= 11 is 1.79. The van der Waals surface area contributed by atoms with Crippen LogP contribution < -0.4 is 5.32 Å². The van der Waals surface area contributed by atoms with Gasteiger partial charge in [-0.15, -0.1) is 0 Å². The second kappa shape index (κ2) is 9.09. The maximum atomic E-state index is 13.0. The van der Waals surface area contributed by atoms with E-state index in [2.05, 4.69) is 17.4 Å². The molecule has 0 fully saturated rings. The molecule has 0 saturated heterocycles. The summed E-state index contributed by atoms with van der Waals surface area (Å²) in [7, 11) is 0. The number of amides is 1. The summed E-state index contributed by atoms with van der Waals surface area (Å²) in [5.74, 6) is 1.23. The van der Waals surface area contributed by atoms with E-state index in [1.54, 1.807) is 54.2 Å². The number of thioether (sulfide) groups is 1. The van der Waals surface area contributed by atoms with Crippen molar-refractivity contribution in [2.75, 3.05) is 11.1 Å². The molecular weight excluding hydrogens is 394 g/mol. The van der Waals surface area contributed by atoms with Gasteiger partial charge in [0.25, 0.3) is 0 Å². The molecule has 4 rings (SSSR count). The van der Waals surface area contributed by atoms with Gasteiger partial charge in [-0.05, 0) is 23.8 Å². The van der Waals surface area contributed by atoms with Gasteiger partial charge in [0.1, 0.15) is 0 Å². The second-order valence-electron chi connectivity index (χ2n) is 7.12. The van der Waals surface area contributed by atoms with Gasteiger partial charge in [-0.1, -0.05) is 66.7 Å². The Hall–Kier alpha value is -3.18. The molecule has 1 aliphatic carbocycles. The van der Waals surface area contributed by atoms with E-state index < -0.39 is 0 Å². The highest BCUT2D eigenvalue weighted by molar-refractivity contribution is 7.98. The van der Waals surface area contributed by atoms with Crippen LogP contribution in [0.5, 0.6) is 0 Å². The lowest BCUT2D eigenvalue weighted by atomic mass is 9.83. The van der Waals surface area contributed by atoms with Gasteiger partial charge in [-0.2, -0.15) is 11.8 Å². The van der Waals surface area contributed by atoms with Crippen molar-refractivity contribution in [3.63, 3.8) is 0 Å². The van der Waals surface area contributed by atoms with E-state index >= 15 is 0 Å². The number of anilines is 1. The minimum Gasteiger partial charge on any atom is -0.325 e. The van der Waals surface area contributed by atoms with Crippen molar-refractivity contribution in [1.29, 1.82) is 0 Å². The van der Waals surface area contributed by atoms with E-state index in [-0.39, 0.29) is 23.0 Å². The average molecular weight is 416 g/mol. The van der Waals surface area contributed by atoms with Crippen LogP contribution in [0.4, 0.5) is 5.69 Å². The highest BCUT2D eigenvalue weighted by Gasteiger charge is 2.31. The van der Waals surface area contributed by atoms with Crippen LogP contribution in [0.1, 0.15) is 50.2 Å². The van der Waals surface area contributed by atoms with Crippen molar-refractivity contribution < 1.29 is 14.4 Å². The first-order valence-electron chi connectivity index (χ1n) is 9.88. The van der Waals surface area contributed by atoms with Gasteiger partial charge in [0.05, 0.1) is 11.3 Å². The Morgan fingerprint density at radius 1 is 0.767 bits per heavy atom. The molecule has 0 heterocycles. The van der Waals surface area contributed by atoms with Crippen LogP contribution in [0.25, 0.3) is 0 Å². The number of hydrogen-bond acceptors (Lipinski definition) is 4. The van der Waals surface area contributed by atoms with Crippen molar-refractivity contribution in [2.45, 2.75) is 18.6 Å². The fourth-order valence-corrected chi connectivity index (χ4v) is 4.48. The Labute approximate surface area is 179 Å². The summed E-state index contributed by atoms with van der Waals surface area (Å²) in [5.41, 5.74) is 3.10. The van der Waals surface area contributed by atoms with Gasteiger partial charge in [0.15, 0.2) is 11.6 Å². The molecule has 1 N–H and O–H groups in total. The quantitative estimate of drug-likeness (QED) is 0.426. The van der Waals surface area contributed by atoms with Gasteiger partial charge >= 0.3 is 0 Å². The van der Waals surface area contributed by atoms with Gasteiger partial charge in [0, 0.05) is 28.9 Å². The number of fused-ring (bicyclic) bond motifs is 2. The van der Waals surface area contributed by atoms with E-state index in [1.165, 1.54) is 5.56 Å². The van der Waals surface area contributed by atoms with Crippen molar-refractivity contribution >= 4 is 34.9 Å². The first-order valence-corrected chi connectivity index (χ1v) is 11.0. The highest BCUT2D eigenvalue weighted by atomic mass is 32.2. The molecule has 1 aliphatic rings.